The number of carboxylic acids is 1. The van der Waals surface area contributed by atoms with E-state index in [-0.39, 0.29) is 5.69 Å². The Kier molecular flexibility index (Phi) is 3.88. The maximum absolute atomic E-state index is 13.5. The van der Waals surface area contributed by atoms with Gasteiger partial charge in [0.2, 0.25) is 0 Å². The van der Waals surface area contributed by atoms with Gasteiger partial charge in [0, 0.05) is 18.3 Å². The summed E-state index contributed by atoms with van der Waals surface area (Å²) in [5.74, 6) is -6.64. The molecule has 0 radical (unpaired) electrons. The average molecular weight is 296 g/mol. The summed E-state index contributed by atoms with van der Waals surface area (Å²) in [6, 6.07) is 3.23. The zero-order valence-corrected chi connectivity index (χ0v) is 10.2. The van der Waals surface area contributed by atoms with Crippen molar-refractivity contribution in [2.75, 3.05) is 5.32 Å². The van der Waals surface area contributed by atoms with Gasteiger partial charge in [-0.25, -0.2) is 22.9 Å². The lowest BCUT2D eigenvalue weighted by atomic mass is 10.1. The van der Waals surface area contributed by atoms with E-state index in [1.165, 1.54) is 18.3 Å². The topological polar surface area (TPSA) is 79.3 Å². The van der Waals surface area contributed by atoms with Crippen LogP contribution in [-0.4, -0.2) is 22.0 Å². The molecule has 0 unspecified atom stereocenters. The van der Waals surface area contributed by atoms with E-state index in [0.717, 1.165) is 0 Å². The molecule has 0 fully saturated rings. The van der Waals surface area contributed by atoms with E-state index >= 15 is 0 Å². The molecule has 1 amide bonds. The molecule has 0 aliphatic rings. The van der Waals surface area contributed by atoms with Crippen molar-refractivity contribution in [2.45, 2.75) is 0 Å². The molecule has 0 saturated carbocycles. The summed E-state index contributed by atoms with van der Waals surface area (Å²) in [6.45, 7) is 0. The molecular weight excluding hydrogens is 289 g/mol. The van der Waals surface area contributed by atoms with E-state index in [0.29, 0.717) is 12.1 Å². The predicted octanol–water partition coefficient (Wildman–Crippen LogP) is 2.45. The van der Waals surface area contributed by atoms with Gasteiger partial charge in [-0.05, 0) is 12.1 Å². The summed E-state index contributed by atoms with van der Waals surface area (Å²) in [5.41, 5.74) is -1.75. The van der Waals surface area contributed by atoms with Crippen molar-refractivity contribution in [3.05, 3.63) is 59.2 Å². The van der Waals surface area contributed by atoms with Crippen LogP contribution in [0.2, 0.25) is 0 Å². The molecule has 0 spiro atoms. The first-order chi connectivity index (χ1) is 9.90. The smallest absolute Gasteiger partial charge is 0.356 e. The summed E-state index contributed by atoms with van der Waals surface area (Å²) in [5, 5.41) is 10.9. The van der Waals surface area contributed by atoms with Gasteiger partial charge in [-0.1, -0.05) is 0 Å². The molecule has 8 heteroatoms. The fraction of sp³-hybridized carbons (Fsp3) is 0. The van der Waals surface area contributed by atoms with Crippen molar-refractivity contribution in [1.29, 1.82) is 0 Å². The minimum absolute atomic E-state index is 0.238. The van der Waals surface area contributed by atoms with Crippen molar-refractivity contribution in [3.8, 4) is 0 Å². The zero-order chi connectivity index (χ0) is 15.6. The van der Waals surface area contributed by atoms with Crippen LogP contribution in [0.1, 0.15) is 20.8 Å². The highest BCUT2D eigenvalue weighted by Crippen LogP contribution is 2.18. The van der Waals surface area contributed by atoms with Crippen molar-refractivity contribution in [1.82, 2.24) is 4.98 Å². The number of hydrogen-bond acceptors (Lipinski definition) is 3. The molecule has 0 atom stereocenters. The number of aromatic carboxylic acids is 1. The van der Waals surface area contributed by atoms with Gasteiger partial charge in [0.25, 0.3) is 5.91 Å². The Labute approximate surface area is 116 Å². The van der Waals surface area contributed by atoms with Crippen LogP contribution in [0.4, 0.5) is 18.9 Å². The van der Waals surface area contributed by atoms with Crippen LogP contribution in [0.15, 0.2) is 30.5 Å². The van der Waals surface area contributed by atoms with Crippen molar-refractivity contribution in [2.24, 2.45) is 0 Å². The molecule has 108 valence electrons. The number of halogens is 3. The number of pyridine rings is 1. The predicted molar refractivity (Wildman–Crippen MR) is 65.5 cm³/mol. The Morgan fingerprint density at radius 1 is 1.14 bits per heavy atom. The Morgan fingerprint density at radius 3 is 2.33 bits per heavy atom. The molecule has 0 aliphatic carbocycles. The minimum atomic E-state index is -1.43. The number of anilines is 1. The highest BCUT2D eigenvalue weighted by Gasteiger charge is 2.21. The van der Waals surface area contributed by atoms with E-state index in [4.69, 9.17) is 5.11 Å². The van der Waals surface area contributed by atoms with E-state index in [2.05, 4.69) is 4.98 Å². The number of hydrogen-bond donors (Lipinski definition) is 2. The summed E-state index contributed by atoms with van der Waals surface area (Å²) in [6.07, 6.45) is 1.18. The lowest BCUT2D eigenvalue weighted by molar-refractivity contribution is 0.0691. The van der Waals surface area contributed by atoms with Crippen LogP contribution in [0.5, 0.6) is 0 Å². The SMILES string of the molecule is O=C(O)c1ncccc1NC(=O)c1c(F)cc(F)cc1F. The summed E-state index contributed by atoms with van der Waals surface area (Å²) < 4.78 is 39.7. The van der Waals surface area contributed by atoms with E-state index in [9.17, 15) is 22.8 Å². The number of carbonyl (C=O) groups is 2. The molecule has 21 heavy (non-hydrogen) atoms. The molecular formula is C13H7F3N2O3. The fourth-order valence-electron chi connectivity index (χ4n) is 1.62. The van der Waals surface area contributed by atoms with Crippen LogP contribution in [-0.2, 0) is 0 Å². The molecule has 2 rings (SSSR count). The molecule has 5 nitrogen and oxygen atoms in total. The second-order valence-corrected chi connectivity index (χ2v) is 3.90. The molecule has 0 saturated heterocycles. The molecule has 1 heterocycles. The van der Waals surface area contributed by atoms with Crippen LogP contribution in [0.25, 0.3) is 0 Å². The van der Waals surface area contributed by atoms with Crippen molar-refractivity contribution >= 4 is 17.6 Å². The third-order valence-corrected chi connectivity index (χ3v) is 2.49. The highest BCUT2D eigenvalue weighted by atomic mass is 19.1. The second-order valence-electron chi connectivity index (χ2n) is 3.90. The normalized spacial score (nSPS) is 10.2. The third-order valence-electron chi connectivity index (χ3n) is 2.49. The molecule has 1 aromatic heterocycles. The Balaban J connectivity index is 2.38. The van der Waals surface area contributed by atoms with Gasteiger partial charge >= 0.3 is 5.97 Å². The highest BCUT2D eigenvalue weighted by molar-refractivity contribution is 6.07. The lowest BCUT2D eigenvalue weighted by Gasteiger charge is -2.09. The first-order valence-electron chi connectivity index (χ1n) is 5.54. The van der Waals surface area contributed by atoms with E-state index < -0.39 is 40.6 Å². The van der Waals surface area contributed by atoms with Crippen LogP contribution < -0.4 is 5.32 Å². The van der Waals surface area contributed by atoms with Gasteiger partial charge in [0.15, 0.2) is 5.69 Å². The van der Waals surface area contributed by atoms with Gasteiger partial charge in [0.05, 0.1) is 5.69 Å². The van der Waals surface area contributed by atoms with Crippen molar-refractivity contribution in [3.63, 3.8) is 0 Å². The van der Waals surface area contributed by atoms with E-state index in [1.54, 1.807) is 0 Å². The average Bonchev–Trinajstić information content (AvgIpc) is 2.37. The largest absolute Gasteiger partial charge is 0.476 e. The molecule has 1 aromatic carbocycles. The third kappa shape index (κ3) is 2.99. The molecule has 0 bridgehead atoms. The Bertz CT molecular complexity index is 711. The monoisotopic (exact) mass is 296 g/mol. The minimum Gasteiger partial charge on any atom is -0.476 e. The van der Waals surface area contributed by atoms with Gasteiger partial charge in [-0.15, -0.1) is 0 Å². The van der Waals surface area contributed by atoms with Crippen LogP contribution >= 0.6 is 0 Å². The Hall–Kier alpha value is -2.90. The zero-order valence-electron chi connectivity index (χ0n) is 10.2. The fourth-order valence-corrected chi connectivity index (χ4v) is 1.62. The first-order valence-corrected chi connectivity index (χ1v) is 5.54. The second kappa shape index (κ2) is 5.61. The van der Waals surface area contributed by atoms with Gasteiger partial charge < -0.3 is 10.4 Å². The number of nitrogens with one attached hydrogen (secondary N) is 1. The molecule has 0 aliphatic heterocycles. The van der Waals surface area contributed by atoms with Crippen molar-refractivity contribution < 1.29 is 27.9 Å². The van der Waals surface area contributed by atoms with Gasteiger partial charge in [0.1, 0.15) is 23.0 Å². The van der Waals surface area contributed by atoms with Gasteiger partial charge in [-0.3, -0.25) is 4.79 Å². The summed E-state index contributed by atoms with van der Waals surface area (Å²) in [4.78, 5) is 26.2. The number of benzene rings is 1. The summed E-state index contributed by atoms with van der Waals surface area (Å²) in [7, 11) is 0. The molecule has 2 N–H and O–H groups in total. The number of carbonyl (C=O) groups excluding carboxylic acids is 1. The number of amides is 1. The number of carboxylic acid groups (broad SMARTS) is 1. The quantitative estimate of drug-likeness (QED) is 0.911. The lowest BCUT2D eigenvalue weighted by Crippen LogP contribution is -2.18. The van der Waals surface area contributed by atoms with E-state index in [1.807, 2.05) is 5.32 Å². The number of aromatic nitrogens is 1. The van der Waals surface area contributed by atoms with Crippen LogP contribution in [0, 0.1) is 17.5 Å². The van der Waals surface area contributed by atoms with Gasteiger partial charge in [-0.2, -0.15) is 0 Å². The maximum atomic E-state index is 13.5. The summed E-state index contributed by atoms with van der Waals surface area (Å²) >= 11 is 0. The number of nitrogens with zero attached hydrogens (tertiary/aromatic N) is 1. The molecule has 2 aromatic rings. The standard InChI is InChI=1S/C13H7F3N2O3/c14-6-4-7(15)10(8(16)5-6)12(19)18-9-2-1-3-17-11(9)13(20)21/h1-5H,(H,18,19)(H,20,21). The number of rotatable bonds is 3. The maximum Gasteiger partial charge on any atom is 0.356 e. The van der Waals surface area contributed by atoms with Crippen LogP contribution in [0.3, 0.4) is 0 Å². The Morgan fingerprint density at radius 2 is 1.76 bits per heavy atom. The first kappa shape index (κ1) is 14.5.